The molecule has 0 aliphatic carbocycles. The first-order valence-electron chi connectivity index (χ1n) is 7.19. The van der Waals surface area contributed by atoms with Gasteiger partial charge in [0.05, 0.1) is 5.69 Å². The van der Waals surface area contributed by atoms with Crippen LogP contribution < -0.4 is 5.32 Å². The molecule has 0 aromatic carbocycles. The topological polar surface area (TPSA) is 82.5 Å². The highest BCUT2D eigenvalue weighted by Crippen LogP contribution is 2.34. The van der Waals surface area contributed by atoms with Crippen LogP contribution in [0.4, 0.5) is 10.5 Å². The number of carboxylic acids is 1. The Morgan fingerprint density at radius 2 is 2.10 bits per heavy atom. The molecule has 1 fully saturated rings. The van der Waals surface area contributed by atoms with Gasteiger partial charge in [-0.15, -0.1) is 0 Å². The van der Waals surface area contributed by atoms with E-state index < -0.39 is 5.97 Å². The highest BCUT2D eigenvalue weighted by molar-refractivity contribution is 5.98. The van der Waals surface area contributed by atoms with E-state index in [2.05, 4.69) is 24.1 Å². The van der Waals surface area contributed by atoms with Crippen LogP contribution in [0.1, 0.15) is 43.6 Å². The summed E-state index contributed by atoms with van der Waals surface area (Å²) in [7, 11) is 0. The molecule has 1 aromatic heterocycles. The van der Waals surface area contributed by atoms with E-state index in [9.17, 15) is 9.59 Å². The molecule has 1 aromatic rings. The van der Waals surface area contributed by atoms with Crippen molar-refractivity contribution >= 4 is 17.7 Å². The molecular formula is C15H21N3O3. The largest absolute Gasteiger partial charge is 0.476 e. The maximum atomic E-state index is 12.2. The fraction of sp³-hybridized carbons (Fsp3) is 0.533. The van der Waals surface area contributed by atoms with E-state index in [1.807, 2.05) is 0 Å². The van der Waals surface area contributed by atoms with E-state index in [1.54, 1.807) is 17.0 Å². The monoisotopic (exact) mass is 291 g/mol. The van der Waals surface area contributed by atoms with Crippen LogP contribution in [-0.4, -0.2) is 40.1 Å². The molecule has 1 saturated heterocycles. The van der Waals surface area contributed by atoms with Crippen molar-refractivity contribution in [1.29, 1.82) is 0 Å². The van der Waals surface area contributed by atoms with Crippen LogP contribution in [0.5, 0.6) is 0 Å². The molecule has 0 bridgehead atoms. The van der Waals surface area contributed by atoms with Gasteiger partial charge < -0.3 is 15.3 Å². The lowest BCUT2D eigenvalue weighted by molar-refractivity contribution is 0.0691. The lowest BCUT2D eigenvalue weighted by Gasteiger charge is -2.38. The van der Waals surface area contributed by atoms with Crippen LogP contribution in [0.15, 0.2) is 18.3 Å². The summed E-state index contributed by atoms with van der Waals surface area (Å²) >= 11 is 0. The summed E-state index contributed by atoms with van der Waals surface area (Å²) in [5.74, 6) is -1.15. The van der Waals surface area contributed by atoms with Crippen LogP contribution in [0.25, 0.3) is 0 Å². The van der Waals surface area contributed by atoms with E-state index in [0.29, 0.717) is 18.5 Å². The molecule has 2 amide bonds. The van der Waals surface area contributed by atoms with Crippen molar-refractivity contribution in [3.8, 4) is 0 Å². The number of carbonyl (C=O) groups is 2. The zero-order valence-electron chi connectivity index (χ0n) is 12.4. The minimum atomic E-state index is -1.15. The van der Waals surface area contributed by atoms with Crippen molar-refractivity contribution in [3.05, 3.63) is 24.0 Å². The second kappa shape index (κ2) is 6.11. The molecule has 0 atom stereocenters. The smallest absolute Gasteiger partial charge is 0.356 e. The number of pyridine rings is 1. The first-order valence-corrected chi connectivity index (χ1v) is 7.19. The molecule has 1 aliphatic rings. The Bertz CT molecular complexity index is 537. The number of hydrogen-bond donors (Lipinski definition) is 2. The quantitative estimate of drug-likeness (QED) is 0.897. The third-order valence-corrected chi connectivity index (χ3v) is 4.36. The second-order valence-electron chi connectivity index (χ2n) is 5.79. The molecule has 6 nitrogen and oxygen atoms in total. The van der Waals surface area contributed by atoms with Gasteiger partial charge in [-0.25, -0.2) is 14.6 Å². The summed E-state index contributed by atoms with van der Waals surface area (Å²) < 4.78 is 0. The van der Waals surface area contributed by atoms with E-state index in [1.165, 1.54) is 6.20 Å². The van der Waals surface area contributed by atoms with Crippen molar-refractivity contribution in [1.82, 2.24) is 9.88 Å². The van der Waals surface area contributed by atoms with Crippen LogP contribution in [0.2, 0.25) is 0 Å². The summed E-state index contributed by atoms with van der Waals surface area (Å²) in [6, 6.07) is 2.89. The number of anilines is 1. The van der Waals surface area contributed by atoms with E-state index in [0.717, 1.165) is 19.3 Å². The maximum absolute atomic E-state index is 12.2. The molecule has 6 heteroatoms. The second-order valence-corrected chi connectivity index (χ2v) is 5.79. The summed E-state index contributed by atoms with van der Waals surface area (Å²) in [5, 5.41) is 11.7. The number of carbonyl (C=O) groups excluding carboxylic acids is 1. The van der Waals surface area contributed by atoms with Gasteiger partial charge in [0, 0.05) is 19.3 Å². The molecule has 0 spiro atoms. The van der Waals surface area contributed by atoms with Crippen LogP contribution >= 0.6 is 0 Å². The number of nitrogens with zero attached hydrogens (tertiary/aromatic N) is 2. The zero-order chi connectivity index (χ0) is 15.5. The summed E-state index contributed by atoms with van der Waals surface area (Å²) in [6.45, 7) is 5.80. The summed E-state index contributed by atoms with van der Waals surface area (Å²) in [4.78, 5) is 28.8. The molecule has 114 valence electrons. The number of nitrogens with one attached hydrogen (secondary N) is 1. The Morgan fingerprint density at radius 3 is 2.67 bits per heavy atom. The van der Waals surface area contributed by atoms with Gasteiger partial charge in [-0.05, 0) is 30.4 Å². The Labute approximate surface area is 124 Å². The standard InChI is InChI=1S/C15H21N3O3/c1-3-15(2)6-9-18(10-7-15)14(21)17-11-5-4-8-16-12(11)13(19)20/h4-5,8H,3,6-7,9-10H2,1-2H3,(H,17,21)(H,19,20). The third-order valence-electron chi connectivity index (χ3n) is 4.36. The predicted octanol–water partition coefficient (Wildman–Crippen LogP) is 2.82. The number of hydrogen-bond acceptors (Lipinski definition) is 3. The average Bonchev–Trinajstić information content (AvgIpc) is 2.48. The van der Waals surface area contributed by atoms with E-state index in [-0.39, 0.29) is 17.4 Å². The molecule has 1 aliphatic heterocycles. The average molecular weight is 291 g/mol. The SMILES string of the molecule is CCC1(C)CCN(C(=O)Nc2cccnc2C(=O)O)CC1. The molecule has 2 N–H and O–H groups in total. The van der Waals surface area contributed by atoms with Crippen LogP contribution in [0.3, 0.4) is 0 Å². The van der Waals surface area contributed by atoms with Gasteiger partial charge in [-0.3, -0.25) is 0 Å². The van der Waals surface area contributed by atoms with Crippen molar-refractivity contribution in [3.63, 3.8) is 0 Å². The molecule has 0 radical (unpaired) electrons. The van der Waals surface area contributed by atoms with Gasteiger partial charge in [-0.1, -0.05) is 20.3 Å². The Kier molecular flexibility index (Phi) is 4.45. The minimum absolute atomic E-state index is 0.138. The van der Waals surface area contributed by atoms with Gasteiger partial charge in [0.2, 0.25) is 0 Å². The molecule has 0 saturated carbocycles. The number of likely N-dealkylation sites (tertiary alicyclic amines) is 1. The number of aromatic nitrogens is 1. The number of urea groups is 1. The molecule has 2 rings (SSSR count). The molecule has 21 heavy (non-hydrogen) atoms. The van der Waals surface area contributed by atoms with E-state index >= 15 is 0 Å². The number of aromatic carboxylic acids is 1. The third kappa shape index (κ3) is 3.51. The highest BCUT2D eigenvalue weighted by Gasteiger charge is 2.30. The first kappa shape index (κ1) is 15.3. The number of rotatable bonds is 3. The van der Waals surface area contributed by atoms with Gasteiger partial charge >= 0.3 is 12.0 Å². The van der Waals surface area contributed by atoms with Crippen molar-refractivity contribution < 1.29 is 14.7 Å². The maximum Gasteiger partial charge on any atom is 0.356 e. The molecule has 0 unspecified atom stereocenters. The predicted molar refractivity (Wildman–Crippen MR) is 79.4 cm³/mol. The fourth-order valence-corrected chi connectivity index (χ4v) is 2.47. The van der Waals surface area contributed by atoms with Crippen LogP contribution in [0, 0.1) is 5.41 Å². The van der Waals surface area contributed by atoms with Crippen molar-refractivity contribution in [2.75, 3.05) is 18.4 Å². The van der Waals surface area contributed by atoms with Gasteiger partial charge in [0.15, 0.2) is 5.69 Å². The lowest BCUT2D eigenvalue weighted by atomic mass is 9.78. The lowest BCUT2D eigenvalue weighted by Crippen LogP contribution is -2.44. The Morgan fingerprint density at radius 1 is 1.43 bits per heavy atom. The van der Waals surface area contributed by atoms with Gasteiger partial charge in [0.25, 0.3) is 0 Å². The summed E-state index contributed by atoms with van der Waals surface area (Å²) in [5.41, 5.74) is 0.400. The zero-order valence-corrected chi connectivity index (χ0v) is 12.4. The van der Waals surface area contributed by atoms with Gasteiger partial charge in [-0.2, -0.15) is 0 Å². The Balaban J connectivity index is 2.02. The number of carboxylic acid groups (broad SMARTS) is 1. The molecular weight excluding hydrogens is 270 g/mol. The Hall–Kier alpha value is -2.11. The highest BCUT2D eigenvalue weighted by atomic mass is 16.4. The summed E-state index contributed by atoms with van der Waals surface area (Å²) in [6.07, 6.45) is 4.44. The van der Waals surface area contributed by atoms with Gasteiger partial charge in [0.1, 0.15) is 0 Å². The van der Waals surface area contributed by atoms with Crippen LogP contribution in [-0.2, 0) is 0 Å². The first-order chi connectivity index (χ1) is 9.95. The number of piperidine rings is 1. The van der Waals surface area contributed by atoms with E-state index in [4.69, 9.17) is 5.11 Å². The molecule has 2 heterocycles. The minimum Gasteiger partial charge on any atom is -0.476 e. The van der Waals surface area contributed by atoms with Crippen molar-refractivity contribution in [2.45, 2.75) is 33.1 Å². The normalized spacial score (nSPS) is 17.3. The number of amides is 2. The van der Waals surface area contributed by atoms with Crippen molar-refractivity contribution in [2.24, 2.45) is 5.41 Å². The fourth-order valence-electron chi connectivity index (χ4n) is 2.47.